The standard InChI is InChI=1S/C20H21F3N6O3/c1-12-6-13(14-9-26-29(10-14)11-16(31)18(32)24-4-5-30)8-15(7-12)27-19-25-3-2-17(28-19)20(21,22)23/h2-3,6-10,16,30-31H,4-5,11H2,1H3,(H,24,32)(H,25,27,28)/t16-/m0/s1. The summed E-state index contributed by atoms with van der Waals surface area (Å²) in [7, 11) is 0. The summed E-state index contributed by atoms with van der Waals surface area (Å²) in [6.07, 6.45) is -1.73. The third-order valence-electron chi connectivity index (χ3n) is 4.32. The van der Waals surface area contributed by atoms with Crippen LogP contribution in [0.25, 0.3) is 11.1 Å². The van der Waals surface area contributed by atoms with Gasteiger partial charge in [0.15, 0.2) is 6.10 Å². The summed E-state index contributed by atoms with van der Waals surface area (Å²) in [5.41, 5.74) is 1.64. The molecule has 170 valence electrons. The molecule has 0 fully saturated rings. The number of aliphatic hydroxyl groups excluding tert-OH is 2. The lowest BCUT2D eigenvalue weighted by Gasteiger charge is -2.11. The zero-order valence-corrected chi connectivity index (χ0v) is 17.0. The Kier molecular flexibility index (Phi) is 7.05. The number of nitrogens with one attached hydrogen (secondary N) is 2. The Bertz CT molecular complexity index is 1090. The average Bonchev–Trinajstić information content (AvgIpc) is 3.19. The Morgan fingerprint density at radius 3 is 2.75 bits per heavy atom. The molecule has 0 aliphatic carbocycles. The van der Waals surface area contributed by atoms with Crippen LogP contribution in [0.4, 0.5) is 24.8 Å². The molecule has 0 saturated heterocycles. The summed E-state index contributed by atoms with van der Waals surface area (Å²) in [6, 6.07) is 6.07. The molecule has 1 atom stereocenters. The van der Waals surface area contributed by atoms with Crippen LogP contribution in [0.15, 0.2) is 42.9 Å². The second-order valence-electron chi connectivity index (χ2n) is 6.96. The number of rotatable bonds is 8. The fraction of sp³-hybridized carbons (Fsp3) is 0.300. The summed E-state index contributed by atoms with van der Waals surface area (Å²) >= 11 is 0. The molecule has 0 aliphatic heterocycles. The molecule has 3 aromatic rings. The second-order valence-corrected chi connectivity index (χ2v) is 6.96. The first-order valence-corrected chi connectivity index (χ1v) is 9.54. The summed E-state index contributed by atoms with van der Waals surface area (Å²) in [6.45, 7) is 1.53. The van der Waals surface area contributed by atoms with E-state index in [1.54, 1.807) is 18.3 Å². The van der Waals surface area contributed by atoms with E-state index in [4.69, 9.17) is 5.11 Å². The van der Waals surface area contributed by atoms with Crippen LogP contribution in [-0.2, 0) is 17.5 Å². The number of aromatic nitrogens is 4. The maximum Gasteiger partial charge on any atom is 0.433 e. The van der Waals surface area contributed by atoms with E-state index < -0.39 is 23.9 Å². The molecule has 4 N–H and O–H groups in total. The molecular weight excluding hydrogens is 429 g/mol. The largest absolute Gasteiger partial charge is 0.433 e. The summed E-state index contributed by atoms with van der Waals surface area (Å²) in [5, 5.41) is 28.0. The molecule has 12 heteroatoms. The van der Waals surface area contributed by atoms with Gasteiger partial charge in [-0.1, -0.05) is 6.07 Å². The predicted molar refractivity (Wildman–Crippen MR) is 109 cm³/mol. The van der Waals surface area contributed by atoms with Crippen molar-refractivity contribution in [3.8, 4) is 11.1 Å². The van der Waals surface area contributed by atoms with Crippen molar-refractivity contribution in [1.82, 2.24) is 25.1 Å². The third-order valence-corrected chi connectivity index (χ3v) is 4.32. The Labute approximate surface area is 180 Å². The van der Waals surface area contributed by atoms with Crippen LogP contribution in [0.2, 0.25) is 0 Å². The van der Waals surface area contributed by atoms with E-state index in [-0.39, 0.29) is 25.6 Å². The van der Waals surface area contributed by atoms with E-state index in [0.29, 0.717) is 16.8 Å². The minimum atomic E-state index is -4.58. The molecule has 32 heavy (non-hydrogen) atoms. The highest BCUT2D eigenvalue weighted by Gasteiger charge is 2.32. The first-order valence-electron chi connectivity index (χ1n) is 9.54. The van der Waals surface area contributed by atoms with Gasteiger partial charge in [-0.05, 0) is 36.2 Å². The van der Waals surface area contributed by atoms with Crippen molar-refractivity contribution < 1.29 is 28.2 Å². The van der Waals surface area contributed by atoms with E-state index in [1.165, 1.54) is 10.9 Å². The Morgan fingerprint density at radius 2 is 2.03 bits per heavy atom. The van der Waals surface area contributed by atoms with Crippen LogP contribution in [0.5, 0.6) is 0 Å². The number of amides is 1. The van der Waals surface area contributed by atoms with Crippen LogP contribution < -0.4 is 10.6 Å². The number of carbonyl (C=O) groups is 1. The van der Waals surface area contributed by atoms with Crippen LogP contribution in [0.3, 0.4) is 0 Å². The number of nitrogens with zero attached hydrogens (tertiary/aromatic N) is 4. The second kappa shape index (κ2) is 9.75. The smallest absolute Gasteiger partial charge is 0.395 e. The number of hydrogen-bond acceptors (Lipinski definition) is 7. The molecule has 2 heterocycles. The zero-order valence-electron chi connectivity index (χ0n) is 17.0. The molecule has 0 radical (unpaired) electrons. The van der Waals surface area contributed by atoms with Gasteiger partial charge in [0.1, 0.15) is 5.69 Å². The third kappa shape index (κ3) is 6.02. The number of anilines is 2. The molecule has 9 nitrogen and oxygen atoms in total. The molecule has 1 aromatic carbocycles. The van der Waals surface area contributed by atoms with E-state index in [9.17, 15) is 23.1 Å². The highest BCUT2D eigenvalue weighted by molar-refractivity contribution is 5.80. The monoisotopic (exact) mass is 450 g/mol. The van der Waals surface area contributed by atoms with Crippen molar-refractivity contribution in [2.45, 2.75) is 25.7 Å². The lowest BCUT2D eigenvalue weighted by Crippen LogP contribution is -2.38. The van der Waals surface area contributed by atoms with E-state index in [2.05, 4.69) is 25.7 Å². The quantitative estimate of drug-likeness (QED) is 0.413. The molecule has 0 spiro atoms. The minimum absolute atomic E-state index is 0.0366. The van der Waals surface area contributed by atoms with Gasteiger partial charge in [-0.3, -0.25) is 9.48 Å². The van der Waals surface area contributed by atoms with Crippen molar-refractivity contribution in [1.29, 1.82) is 0 Å². The number of carbonyl (C=O) groups excluding carboxylic acids is 1. The van der Waals surface area contributed by atoms with Gasteiger partial charge in [0.25, 0.3) is 5.91 Å². The lowest BCUT2D eigenvalue weighted by atomic mass is 10.1. The summed E-state index contributed by atoms with van der Waals surface area (Å²) < 4.78 is 40.0. The maximum absolute atomic E-state index is 12.9. The molecule has 2 aromatic heterocycles. The van der Waals surface area contributed by atoms with Crippen LogP contribution >= 0.6 is 0 Å². The van der Waals surface area contributed by atoms with Crippen molar-refractivity contribution in [3.05, 3.63) is 54.1 Å². The van der Waals surface area contributed by atoms with Crippen molar-refractivity contribution >= 4 is 17.5 Å². The maximum atomic E-state index is 12.9. The molecule has 0 aliphatic rings. The predicted octanol–water partition coefficient (Wildman–Crippen LogP) is 1.88. The number of aryl methyl sites for hydroxylation is 1. The summed E-state index contributed by atoms with van der Waals surface area (Å²) in [5.74, 6) is -0.816. The van der Waals surface area contributed by atoms with Gasteiger partial charge in [0.2, 0.25) is 5.95 Å². The Hall–Kier alpha value is -3.51. The highest BCUT2D eigenvalue weighted by atomic mass is 19.4. The van der Waals surface area contributed by atoms with Crippen LogP contribution in [-0.4, -0.2) is 55.1 Å². The van der Waals surface area contributed by atoms with Crippen LogP contribution in [0, 0.1) is 6.92 Å². The van der Waals surface area contributed by atoms with Crippen LogP contribution in [0.1, 0.15) is 11.3 Å². The van der Waals surface area contributed by atoms with Gasteiger partial charge in [-0.2, -0.15) is 18.3 Å². The number of alkyl halides is 3. The van der Waals surface area contributed by atoms with Crippen molar-refractivity contribution in [3.63, 3.8) is 0 Å². The molecular formula is C20H21F3N6O3. The lowest BCUT2D eigenvalue weighted by molar-refractivity contribution is -0.141. The number of hydrogen-bond donors (Lipinski definition) is 4. The van der Waals surface area contributed by atoms with Gasteiger partial charge in [-0.25, -0.2) is 9.97 Å². The summed E-state index contributed by atoms with van der Waals surface area (Å²) in [4.78, 5) is 19.1. The normalized spacial score (nSPS) is 12.4. The van der Waals surface area contributed by atoms with Gasteiger partial charge in [0, 0.05) is 30.2 Å². The fourth-order valence-corrected chi connectivity index (χ4v) is 2.90. The van der Waals surface area contributed by atoms with Crippen molar-refractivity contribution in [2.24, 2.45) is 0 Å². The van der Waals surface area contributed by atoms with Gasteiger partial charge in [0.05, 0.1) is 19.3 Å². The average molecular weight is 450 g/mol. The van der Waals surface area contributed by atoms with E-state index >= 15 is 0 Å². The van der Waals surface area contributed by atoms with Crippen molar-refractivity contribution in [2.75, 3.05) is 18.5 Å². The highest BCUT2D eigenvalue weighted by Crippen LogP contribution is 2.29. The van der Waals surface area contributed by atoms with E-state index in [1.807, 2.05) is 13.0 Å². The first kappa shape index (κ1) is 23.2. The Balaban J connectivity index is 1.76. The van der Waals surface area contributed by atoms with Gasteiger partial charge >= 0.3 is 6.18 Å². The topological polar surface area (TPSA) is 125 Å². The number of aliphatic hydroxyl groups is 2. The minimum Gasteiger partial charge on any atom is -0.395 e. The van der Waals surface area contributed by atoms with Gasteiger partial charge in [-0.15, -0.1) is 0 Å². The number of benzene rings is 1. The van der Waals surface area contributed by atoms with Gasteiger partial charge < -0.3 is 20.8 Å². The zero-order chi connectivity index (χ0) is 23.3. The Morgan fingerprint density at radius 1 is 1.25 bits per heavy atom. The SMILES string of the molecule is Cc1cc(Nc2nccc(C(F)(F)F)n2)cc(-c2cnn(C[C@H](O)C(=O)NCCO)c2)c1. The fourth-order valence-electron chi connectivity index (χ4n) is 2.90. The number of halogens is 3. The first-order chi connectivity index (χ1) is 15.2. The molecule has 0 saturated carbocycles. The van der Waals surface area contributed by atoms with E-state index in [0.717, 1.165) is 17.8 Å². The molecule has 3 rings (SSSR count). The molecule has 0 unspecified atom stereocenters. The molecule has 0 bridgehead atoms. The molecule has 1 amide bonds.